The minimum atomic E-state index is -2.95. The zero-order valence-electron chi connectivity index (χ0n) is 9.24. The van der Waals surface area contributed by atoms with Crippen LogP contribution in [0.15, 0.2) is 0 Å². The number of nitrogens with one attached hydrogen (secondary N) is 2. The third kappa shape index (κ3) is 2.95. The molecule has 16 heavy (non-hydrogen) atoms. The van der Waals surface area contributed by atoms with E-state index in [0.29, 0.717) is 6.42 Å². The summed E-state index contributed by atoms with van der Waals surface area (Å²) >= 11 is 0. The predicted molar refractivity (Wildman–Crippen MR) is 60.8 cm³/mol. The first-order chi connectivity index (χ1) is 7.57. The molecule has 1 unspecified atom stereocenters. The Labute approximate surface area is 95.9 Å². The van der Waals surface area contributed by atoms with Crippen LogP contribution in [0.5, 0.6) is 0 Å². The van der Waals surface area contributed by atoms with E-state index in [1.165, 1.54) is 0 Å². The van der Waals surface area contributed by atoms with Crippen LogP contribution in [-0.2, 0) is 14.6 Å². The molecule has 2 N–H and O–H groups in total. The summed E-state index contributed by atoms with van der Waals surface area (Å²) < 4.78 is 22.5. The van der Waals surface area contributed by atoms with E-state index in [9.17, 15) is 13.2 Å². The molecule has 1 atom stereocenters. The summed E-state index contributed by atoms with van der Waals surface area (Å²) in [6.45, 7) is 1.85. The van der Waals surface area contributed by atoms with E-state index in [-0.39, 0.29) is 29.4 Å². The molecule has 0 aromatic carbocycles. The van der Waals surface area contributed by atoms with Gasteiger partial charge in [0.2, 0.25) is 5.91 Å². The fourth-order valence-corrected chi connectivity index (χ4v) is 4.03. The first kappa shape index (κ1) is 11.9. The van der Waals surface area contributed by atoms with Crippen LogP contribution < -0.4 is 10.6 Å². The van der Waals surface area contributed by atoms with E-state index in [2.05, 4.69) is 10.6 Å². The van der Waals surface area contributed by atoms with Crippen molar-refractivity contribution < 1.29 is 13.2 Å². The van der Waals surface area contributed by atoms with Crippen molar-refractivity contribution in [1.29, 1.82) is 0 Å². The Morgan fingerprint density at radius 3 is 2.44 bits per heavy atom. The zero-order valence-corrected chi connectivity index (χ0v) is 10.1. The minimum Gasteiger partial charge on any atom is -0.353 e. The van der Waals surface area contributed by atoms with Crippen molar-refractivity contribution in [2.45, 2.75) is 25.3 Å². The Balaban J connectivity index is 1.84. The molecule has 2 fully saturated rings. The minimum absolute atomic E-state index is 0.0316. The van der Waals surface area contributed by atoms with Crippen LogP contribution in [0.3, 0.4) is 0 Å². The third-order valence-corrected chi connectivity index (χ3v) is 5.06. The summed E-state index contributed by atoms with van der Waals surface area (Å²) in [5.41, 5.74) is 0. The van der Waals surface area contributed by atoms with Gasteiger partial charge < -0.3 is 10.6 Å². The maximum absolute atomic E-state index is 11.8. The first-order valence-electron chi connectivity index (χ1n) is 5.78. The van der Waals surface area contributed by atoms with Gasteiger partial charge in [0, 0.05) is 6.04 Å². The van der Waals surface area contributed by atoms with E-state index in [1.807, 2.05) is 0 Å². The summed E-state index contributed by atoms with van der Waals surface area (Å²) in [4.78, 5) is 11.8. The smallest absolute Gasteiger partial charge is 0.224 e. The molecule has 0 spiro atoms. The highest BCUT2D eigenvalue weighted by Crippen LogP contribution is 2.19. The molecule has 2 aliphatic heterocycles. The molecule has 0 bridgehead atoms. The number of piperidine rings is 1. The lowest BCUT2D eigenvalue weighted by Gasteiger charge is -2.24. The van der Waals surface area contributed by atoms with Crippen LogP contribution in [0.2, 0.25) is 0 Å². The molecule has 2 aliphatic rings. The van der Waals surface area contributed by atoms with Gasteiger partial charge in [0.1, 0.15) is 0 Å². The lowest BCUT2D eigenvalue weighted by molar-refractivity contribution is -0.125. The molecule has 0 aromatic heterocycles. The van der Waals surface area contributed by atoms with Gasteiger partial charge in [0.15, 0.2) is 9.84 Å². The molecule has 2 saturated heterocycles. The van der Waals surface area contributed by atoms with Gasteiger partial charge in [-0.1, -0.05) is 0 Å². The van der Waals surface area contributed by atoms with Gasteiger partial charge in [-0.05, 0) is 32.4 Å². The highest BCUT2D eigenvalue weighted by Gasteiger charge is 2.33. The van der Waals surface area contributed by atoms with Crippen LogP contribution in [0.4, 0.5) is 0 Å². The van der Waals surface area contributed by atoms with Crippen molar-refractivity contribution >= 4 is 15.7 Å². The van der Waals surface area contributed by atoms with Gasteiger partial charge in [-0.25, -0.2) is 8.42 Å². The summed E-state index contributed by atoms with van der Waals surface area (Å²) in [5, 5.41) is 6.18. The van der Waals surface area contributed by atoms with Gasteiger partial charge in [-0.3, -0.25) is 4.79 Å². The largest absolute Gasteiger partial charge is 0.353 e. The van der Waals surface area contributed by atoms with Gasteiger partial charge in [-0.15, -0.1) is 0 Å². The van der Waals surface area contributed by atoms with Crippen LogP contribution in [-0.4, -0.2) is 45.0 Å². The van der Waals surface area contributed by atoms with Crippen molar-refractivity contribution in [2.75, 3.05) is 24.6 Å². The molecule has 0 saturated carbocycles. The van der Waals surface area contributed by atoms with Crippen molar-refractivity contribution in [3.63, 3.8) is 0 Å². The van der Waals surface area contributed by atoms with Gasteiger partial charge in [0.25, 0.3) is 0 Å². The van der Waals surface area contributed by atoms with E-state index in [4.69, 9.17) is 0 Å². The van der Waals surface area contributed by atoms with E-state index in [0.717, 1.165) is 25.9 Å². The molecule has 92 valence electrons. The Kier molecular flexibility index (Phi) is 3.49. The second kappa shape index (κ2) is 4.71. The average molecular weight is 246 g/mol. The molecule has 5 nitrogen and oxygen atoms in total. The Morgan fingerprint density at radius 1 is 1.19 bits per heavy atom. The molecule has 6 heteroatoms. The molecule has 2 rings (SSSR count). The van der Waals surface area contributed by atoms with Gasteiger partial charge in [-0.2, -0.15) is 0 Å². The predicted octanol–water partition coefficient (Wildman–Crippen LogP) is -0.711. The third-order valence-electron chi connectivity index (χ3n) is 3.29. The van der Waals surface area contributed by atoms with Crippen molar-refractivity contribution in [3.8, 4) is 0 Å². The number of carbonyl (C=O) groups is 1. The normalized spacial score (nSPS) is 30.1. The molecule has 0 radical (unpaired) electrons. The molecular weight excluding hydrogens is 228 g/mol. The molecule has 1 amide bonds. The molecule has 0 aliphatic carbocycles. The van der Waals surface area contributed by atoms with Crippen molar-refractivity contribution in [2.24, 2.45) is 5.92 Å². The highest BCUT2D eigenvalue weighted by atomic mass is 32.2. The van der Waals surface area contributed by atoms with E-state index >= 15 is 0 Å². The summed E-state index contributed by atoms with van der Waals surface area (Å²) in [6, 6.07) is 0.219. The van der Waals surface area contributed by atoms with Crippen LogP contribution in [0.1, 0.15) is 19.3 Å². The molecular formula is C10H18N2O3S. The number of rotatable bonds is 2. The molecule has 2 heterocycles. The maximum Gasteiger partial charge on any atom is 0.224 e. The number of sulfone groups is 1. The Hall–Kier alpha value is -0.620. The van der Waals surface area contributed by atoms with Crippen LogP contribution in [0, 0.1) is 5.92 Å². The molecule has 0 aromatic rings. The second-order valence-corrected chi connectivity index (χ2v) is 6.86. The summed E-state index contributed by atoms with van der Waals surface area (Å²) in [7, 11) is -2.95. The highest BCUT2D eigenvalue weighted by molar-refractivity contribution is 7.91. The fraction of sp³-hybridized carbons (Fsp3) is 0.900. The Morgan fingerprint density at radius 2 is 1.88 bits per heavy atom. The Bertz CT molecular complexity index is 360. The van der Waals surface area contributed by atoms with Crippen LogP contribution in [0.25, 0.3) is 0 Å². The average Bonchev–Trinajstić information content (AvgIpc) is 2.60. The SMILES string of the molecule is O=C(NC1CCNCC1)C1CCS(=O)(=O)C1. The van der Waals surface area contributed by atoms with E-state index < -0.39 is 9.84 Å². The van der Waals surface area contributed by atoms with Crippen LogP contribution >= 0.6 is 0 Å². The fourth-order valence-electron chi connectivity index (χ4n) is 2.29. The van der Waals surface area contributed by atoms with E-state index in [1.54, 1.807) is 0 Å². The zero-order chi connectivity index (χ0) is 11.6. The standard InChI is InChI=1S/C10H18N2O3S/c13-10(8-3-6-16(14,15)7-8)12-9-1-4-11-5-2-9/h8-9,11H,1-7H2,(H,12,13). The number of hydrogen-bond donors (Lipinski definition) is 2. The summed E-state index contributed by atoms with van der Waals surface area (Å²) in [6.07, 6.45) is 2.36. The maximum atomic E-state index is 11.8. The number of hydrogen-bond acceptors (Lipinski definition) is 4. The van der Waals surface area contributed by atoms with Crippen molar-refractivity contribution in [1.82, 2.24) is 10.6 Å². The monoisotopic (exact) mass is 246 g/mol. The lowest BCUT2D eigenvalue weighted by Crippen LogP contribution is -2.45. The second-order valence-electron chi connectivity index (χ2n) is 4.63. The first-order valence-corrected chi connectivity index (χ1v) is 7.60. The number of carbonyl (C=O) groups excluding carboxylic acids is 1. The lowest BCUT2D eigenvalue weighted by atomic mass is 10.0. The van der Waals surface area contributed by atoms with Gasteiger partial charge in [0.05, 0.1) is 17.4 Å². The van der Waals surface area contributed by atoms with Crippen molar-refractivity contribution in [3.05, 3.63) is 0 Å². The summed E-state index contributed by atoms with van der Waals surface area (Å²) in [5.74, 6) is -0.200. The quantitative estimate of drug-likeness (QED) is 0.675. The number of amides is 1. The van der Waals surface area contributed by atoms with Gasteiger partial charge >= 0.3 is 0 Å². The topological polar surface area (TPSA) is 75.3 Å².